The molecule has 0 radical (unpaired) electrons. The summed E-state index contributed by atoms with van der Waals surface area (Å²) < 4.78 is 27.2. The van der Waals surface area contributed by atoms with E-state index in [9.17, 15) is 8.42 Å². The van der Waals surface area contributed by atoms with Crippen LogP contribution < -0.4 is 4.72 Å². The Balaban J connectivity index is 2.22. The van der Waals surface area contributed by atoms with Gasteiger partial charge in [-0.25, -0.2) is 13.1 Å². The Morgan fingerprint density at radius 1 is 1.30 bits per heavy atom. The Morgan fingerprint density at radius 2 is 2.00 bits per heavy atom. The normalized spacial score (nSPS) is 23.2. The van der Waals surface area contributed by atoms with Crippen molar-refractivity contribution >= 4 is 33.2 Å². The highest BCUT2D eigenvalue weighted by atomic mass is 35.5. The molecule has 1 aliphatic carbocycles. The molecule has 1 aromatic rings. The Kier molecular flexibility index (Phi) is 4.92. The second kappa shape index (κ2) is 6.31. The van der Waals surface area contributed by atoms with E-state index in [1.807, 2.05) is 6.07 Å². The van der Waals surface area contributed by atoms with E-state index in [0.29, 0.717) is 0 Å². The van der Waals surface area contributed by atoms with Crippen LogP contribution in [0.25, 0.3) is 0 Å². The van der Waals surface area contributed by atoms with Crippen molar-refractivity contribution in [1.29, 1.82) is 5.26 Å². The van der Waals surface area contributed by atoms with Gasteiger partial charge >= 0.3 is 0 Å². The molecule has 1 aliphatic rings. The van der Waals surface area contributed by atoms with Gasteiger partial charge in [0.2, 0.25) is 10.0 Å². The number of benzene rings is 1. The summed E-state index contributed by atoms with van der Waals surface area (Å²) in [4.78, 5) is 0.0518. The fourth-order valence-corrected chi connectivity index (χ4v) is 4.28. The Morgan fingerprint density at radius 3 is 2.60 bits per heavy atom. The van der Waals surface area contributed by atoms with Crippen molar-refractivity contribution in [3.63, 3.8) is 0 Å². The Bertz CT molecular complexity index is 640. The topological polar surface area (TPSA) is 70.0 Å². The van der Waals surface area contributed by atoms with Crippen molar-refractivity contribution in [2.24, 2.45) is 0 Å². The van der Waals surface area contributed by atoms with Crippen molar-refractivity contribution in [3.8, 4) is 6.07 Å². The summed E-state index contributed by atoms with van der Waals surface area (Å²) in [7, 11) is -3.67. The van der Waals surface area contributed by atoms with Gasteiger partial charge in [-0.1, -0.05) is 24.4 Å². The number of halogens is 2. The molecule has 2 rings (SSSR count). The van der Waals surface area contributed by atoms with Gasteiger partial charge in [0.1, 0.15) is 6.07 Å². The van der Waals surface area contributed by atoms with E-state index in [1.54, 1.807) is 0 Å². The molecule has 1 N–H and O–H groups in total. The van der Waals surface area contributed by atoms with Gasteiger partial charge in [0.25, 0.3) is 0 Å². The van der Waals surface area contributed by atoms with Gasteiger partial charge in [-0.2, -0.15) is 5.26 Å². The van der Waals surface area contributed by atoms with E-state index in [4.69, 9.17) is 28.5 Å². The maximum absolute atomic E-state index is 12.3. The van der Waals surface area contributed by atoms with E-state index < -0.39 is 10.0 Å². The number of rotatable bonds is 3. The molecule has 2 unspecified atom stereocenters. The highest BCUT2D eigenvalue weighted by Gasteiger charge is 2.28. The van der Waals surface area contributed by atoms with Crippen LogP contribution in [-0.2, 0) is 10.0 Å². The molecule has 0 aromatic heterocycles. The molecule has 20 heavy (non-hydrogen) atoms. The van der Waals surface area contributed by atoms with E-state index in [-0.39, 0.29) is 26.9 Å². The van der Waals surface area contributed by atoms with Crippen molar-refractivity contribution in [2.45, 2.75) is 42.0 Å². The first kappa shape index (κ1) is 15.6. The SMILES string of the molecule is N#Cc1ccc(S(=O)(=O)NC2CCCCC2Cl)cc1Cl. The van der Waals surface area contributed by atoms with Gasteiger partial charge in [-0.15, -0.1) is 11.6 Å². The van der Waals surface area contributed by atoms with E-state index >= 15 is 0 Å². The number of hydrogen-bond acceptors (Lipinski definition) is 3. The molecule has 0 saturated heterocycles. The predicted molar refractivity (Wildman–Crippen MR) is 78.4 cm³/mol. The summed E-state index contributed by atoms with van der Waals surface area (Å²) in [5.41, 5.74) is 0.249. The zero-order valence-electron chi connectivity index (χ0n) is 10.6. The van der Waals surface area contributed by atoms with Crippen LogP contribution >= 0.6 is 23.2 Å². The molecule has 1 fully saturated rings. The lowest BCUT2D eigenvalue weighted by Crippen LogP contribution is -2.42. The number of hydrogen-bond donors (Lipinski definition) is 1. The summed E-state index contributed by atoms with van der Waals surface area (Å²) in [5, 5.41) is 8.73. The highest BCUT2D eigenvalue weighted by molar-refractivity contribution is 7.89. The third kappa shape index (κ3) is 3.44. The third-order valence-corrected chi connectivity index (χ3v) is 5.68. The maximum atomic E-state index is 12.3. The zero-order valence-corrected chi connectivity index (χ0v) is 13.0. The standard InChI is InChI=1S/C13H14Cl2N2O2S/c14-11-3-1-2-4-13(11)17-20(18,19)10-6-5-9(8-16)12(15)7-10/h5-7,11,13,17H,1-4H2. The minimum Gasteiger partial charge on any atom is -0.207 e. The van der Waals surface area contributed by atoms with Gasteiger partial charge in [0, 0.05) is 11.4 Å². The summed E-state index contributed by atoms with van der Waals surface area (Å²) in [6, 6.07) is 5.69. The molecule has 108 valence electrons. The molecule has 4 nitrogen and oxygen atoms in total. The minimum absolute atomic E-state index is 0.0518. The monoisotopic (exact) mass is 332 g/mol. The average Bonchev–Trinajstić information content (AvgIpc) is 2.41. The van der Waals surface area contributed by atoms with Crippen LogP contribution in [0.2, 0.25) is 5.02 Å². The van der Waals surface area contributed by atoms with Crippen LogP contribution in [0.15, 0.2) is 23.1 Å². The van der Waals surface area contributed by atoms with Crippen LogP contribution in [-0.4, -0.2) is 19.8 Å². The van der Waals surface area contributed by atoms with Crippen LogP contribution in [0.1, 0.15) is 31.2 Å². The molecule has 7 heteroatoms. The summed E-state index contributed by atoms with van der Waals surface area (Å²) in [6.45, 7) is 0. The first-order valence-electron chi connectivity index (χ1n) is 6.30. The number of nitrogens with zero attached hydrogens (tertiary/aromatic N) is 1. The van der Waals surface area contributed by atoms with Crippen LogP contribution in [0.5, 0.6) is 0 Å². The van der Waals surface area contributed by atoms with E-state index in [1.165, 1.54) is 18.2 Å². The van der Waals surface area contributed by atoms with Crippen LogP contribution in [0.4, 0.5) is 0 Å². The number of nitrogens with one attached hydrogen (secondary N) is 1. The van der Waals surface area contributed by atoms with Crippen molar-refractivity contribution in [3.05, 3.63) is 28.8 Å². The van der Waals surface area contributed by atoms with E-state index in [2.05, 4.69) is 4.72 Å². The predicted octanol–water partition coefficient (Wildman–Crippen LogP) is 3.04. The summed E-state index contributed by atoms with van der Waals surface area (Å²) >= 11 is 12.0. The molecule has 0 heterocycles. The molecule has 2 atom stereocenters. The number of alkyl halides is 1. The van der Waals surface area contributed by atoms with Crippen LogP contribution in [0, 0.1) is 11.3 Å². The van der Waals surface area contributed by atoms with Crippen molar-refractivity contribution in [2.75, 3.05) is 0 Å². The molecule has 1 aromatic carbocycles. The minimum atomic E-state index is -3.67. The average molecular weight is 333 g/mol. The van der Waals surface area contributed by atoms with Gasteiger partial charge in [0.05, 0.1) is 15.5 Å². The molecule has 0 amide bonds. The Labute approximate surface area is 128 Å². The Hall–Kier alpha value is -0.800. The summed E-state index contributed by atoms with van der Waals surface area (Å²) in [6.07, 6.45) is 3.53. The molecule has 0 aliphatic heterocycles. The lowest BCUT2D eigenvalue weighted by atomic mass is 9.96. The van der Waals surface area contributed by atoms with Gasteiger partial charge in [-0.3, -0.25) is 0 Å². The van der Waals surface area contributed by atoms with Crippen molar-refractivity contribution < 1.29 is 8.42 Å². The smallest absolute Gasteiger partial charge is 0.207 e. The van der Waals surface area contributed by atoms with Gasteiger partial charge < -0.3 is 0 Å². The molecule has 0 spiro atoms. The molecule has 0 bridgehead atoms. The van der Waals surface area contributed by atoms with Crippen molar-refractivity contribution in [1.82, 2.24) is 4.72 Å². The second-order valence-corrected chi connectivity index (χ2v) is 7.46. The lowest BCUT2D eigenvalue weighted by molar-refractivity contribution is 0.418. The molecular formula is C13H14Cl2N2O2S. The maximum Gasteiger partial charge on any atom is 0.240 e. The number of sulfonamides is 1. The fraction of sp³-hybridized carbons (Fsp3) is 0.462. The largest absolute Gasteiger partial charge is 0.240 e. The zero-order chi connectivity index (χ0) is 14.8. The first-order valence-corrected chi connectivity index (χ1v) is 8.60. The highest BCUT2D eigenvalue weighted by Crippen LogP contribution is 2.26. The fourth-order valence-electron chi connectivity index (χ4n) is 2.24. The quantitative estimate of drug-likeness (QED) is 0.865. The second-order valence-electron chi connectivity index (χ2n) is 4.78. The molecule has 1 saturated carbocycles. The van der Waals surface area contributed by atoms with Gasteiger partial charge in [0.15, 0.2) is 0 Å². The summed E-state index contributed by atoms with van der Waals surface area (Å²) in [5.74, 6) is 0. The van der Waals surface area contributed by atoms with Crippen LogP contribution in [0.3, 0.4) is 0 Å². The lowest BCUT2D eigenvalue weighted by Gasteiger charge is -2.27. The first-order chi connectivity index (χ1) is 9.44. The molecular weight excluding hydrogens is 319 g/mol. The van der Waals surface area contributed by atoms with E-state index in [0.717, 1.165) is 25.7 Å². The third-order valence-electron chi connectivity index (χ3n) is 3.36. The number of nitriles is 1. The van der Waals surface area contributed by atoms with Gasteiger partial charge in [-0.05, 0) is 31.0 Å².